The molecule has 1 heterocycles. The van der Waals surface area contributed by atoms with E-state index in [1.807, 2.05) is 38.1 Å². The van der Waals surface area contributed by atoms with Crippen LogP contribution in [0.3, 0.4) is 0 Å². The van der Waals surface area contributed by atoms with E-state index in [0.717, 1.165) is 21.1 Å². The average Bonchev–Trinajstić information content (AvgIpc) is 2.87. The highest BCUT2D eigenvalue weighted by atomic mass is 32.1. The zero-order chi connectivity index (χ0) is 14.7. The predicted octanol–water partition coefficient (Wildman–Crippen LogP) is 4.31. The third-order valence-electron chi connectivity index (χ3n) is 3.21. The second kappa shape index (κ2) is 6.09. The molecule has 0 radical (unpaired) electrons. The van der Waals surface area contributed by atoms with Crippen LogP contribution in [0, 0.1) is 6.92 Å². The number of thiophene rings is 1. The molecule has 0 amide bonds. The van der Waals surface area contributed by atoms with Crippen molar-refractivity contribution in [2.45, 2.75) is 26.2 Å². The molecule has 0 aliphatic heterocycles. The first-order valence-electron chi connectivity index (χ1n) is 6.47. The van der Waals surface area contributed by atoms with Crippen molar-refractivity contribution in [3.63, 3.8) is 0 Å². The first-order chi connectivity index (χ1) is 9.51. The van der Waals surface area contributed by atoms with Crippen molar-refractivity contribution in [2.75, 3.05) is 7.11 Å². The summed E-state index contributed by atoms with van der Waals surface area (Å²) in [5.74, 6) is 0.109. The normalized spacial score (nSPS) is 12.2. The molecule has 1 aromatic heterocycles. The number of carboxylic acids is 1. The number of hydrogen-bond acceptors (Lipinski definition) is 3. The van der Waals surface area contributed by atoms with E-state index in [1.165, 1.54) is 5.56 Å². The Morgan fingerprint density at radius 3 is 2.75 bits per heavy atom. The number of benzene rings is 1. The van der Waals surface area contributed by atoms with Crippen molar-refractivity contribution < 1.29 is 14.6 Å². The van der Waals surface area contributed by atoms with Crippen LogP contribution < -0.4 is 4.74 Å². The maximum absolute atomic E-state index is 10.8. The Morgan fingerprint density at radius 2 is 2.10 bits per heavy atom. The number of aliphatic carboxylic acids is 1. The van der Waals surface area contributed by atoms with Crippen LogP contribution in [-0.4, -0.2) is 18.2 Å². The SMILES string of the molecule is COc1ccc(C)cc1-c1ccc(C(C)CC(=O)O)s1. The van der Waals surface area contributed by atoms with Crippen LogP contribution in [-0.2, 0) is 4.79 Å². The lowest BCUT2D eigenvalue weighted by molar-refractivity contribution is -0.137. The van der Waals surface area contributed by atoms with E-state index in [-0.39, 0.29) is 12.3 Å². The summed E-state index contributed by atoms with van der Waals surface area (Å²) in [6.45, 7) is 3.99. The third kappa shape index (κ3) is 3.20. The molecule has 0 aliphatic carbocycles. The van der Waals surface area contributed by atoms with Crippen molar-refractivity contribution in [3.05, 3.63) is 40.8 Å². The first kappa shape index (κ1) is 14.6. The second-order valence-corrected chi connectivity index (χ2v) is 6.02. The van der Waals surface area contributed by atoms with Crippen LogP contribution in [0.25, 0.3) is 10.4 Å². The van der Waals surface area contributed by atoms with E-state index in [2.05, 4.69) is 6.07 Å². The predicted molar refractivity (Wildman–Crippen MR) is 81.7 cm³/mol. The quantitative estimate of drug-likeness (QED) is 0.892. The minimum Gasteiger partial charge on any atom is -0.496 e. The van der Waals surface area contributed by atoms with Crippen molar-refractivity contribution >= 4 is 17.3 Å². The van der Waals surface area contributed by atoms with Gasteiger partial charge in [0.05, 0.1) is 13.5 Å². The molecule has 1 unspecified atom stereocenters. The van der Waals surface area contributed by atoms with Crippen molar-refractivity contribution in [1.29, 1.82) is 0 Å². The summed E-state index contributed by atoms with van der Waals surface area (Å²) < 4.78 is 5.40. The van der Waals surface area contributed by atoms with E-state index < -0.39 is 5.97 Å². The van der Waals surface area contributed by atoms with Gasteiger partial charge in [0.25, 0.3) is 0 Å². The number of carboxylic acid groups (broad SMARTS) is 1. The van der Waals surface area contributed by atoms with E-state index in [0.29, 0.717) is 0 Å². The van der Waals surface area contributed by atoms with Gasteiger partial charge in [0.2, 0.25) is 0 Å². The van der Waals surface area contributed by atoms with Crippen LogP contribution in [0.2, 0.25) is 0 Å². The lowest BCUT2D eigenvalue weighted by Crippen LogP contribution is -2.00. The maximum atomic E-state index is 10.8. The van der Waals surface area contributed by atoms with Crippen molar-refractivity contribution in [3.8, 4) is 16.2 Å². The van der Waals surface area contributed by atoms with Crippen LogP contribution in [0.4, 0.5) is 0 Å². The fourth-order valence-corrected chi connectivity index (χ4v) is 3.22. The standard InChI is InChI=1S/C16H18O3S/c1-10-4-5-13(19-3)12(8-10)15-7-6-14(20-15)11(2)9-16(17)18/h4-8,11H,9H2,1-3H3,(H,17,18). The molecular formula is C16H18O3S. The van der Waals surface area contributed by atoms with E-state index in [4.69, 9.17) is 9.84 Å². The van der Waals surface area contributed by atoms with Crippen LogP contribution in [0.15, 0.2) is 30.3 Å². The summed E-state index contributed by atoms with van der Waals surface area (Å²) in [7, 11) is 1.66. The van der Waals surface area contributed by atoms with E-state index >= 15 is 0 Å². The Morgan fingerprint density at radius 1 is 1.35 bits per heavy atom. The van der Waals surface area contributed by atoms with Crippen molar-refractivity contribution in [1.82, 2.24) is 0 Å². The Hall–Kier alpha value is -1.81. The molecule has 0 saturated heterocycles. The van der Waals surface area contributed by atoms with Gasteiger partial charge in [-0.1, -0.05) is 18.6 Å². The molecule has 0 spiro atoms. The highest BCUT2D eigenvalue weighted by molar-refractivity contribution is 7.15. The number of carbonyl (C=O) groups is 1. The minimum absolute atomic E-state index is 0.0297. The lowest BCUT2D eigenvalue weighted by atomic mass is 10.1. The average molecular weight is 290 g/mol. The summed E-state index contributed by atoms with van der Waals surface area (Å²) in [4.78, 5) is 13.0. The summed E-state index contributed by atoms with van der Waals surface area (Å²) in [5, 5.41) is 8.87. The van der Waals surface area contributed by atoms with E-state index in [9.17, 15) is 4.79 Å². The fourth-order valence-electron chi connectivity index (χ4n) is 2.14. The van der Waals surface area contributed by atoms with Gasteiger partial charge in [0.15, 0.2) is 0 Å². The minimum atomic E-state index is -0.763. The lowest BCUT2D eigenvalue weighted by Gasteiger charge is -2.08. The topological polar surface area (TPSA) is 46.5 Å². The van der Waals surface area contributed by atoms with Gasteiger partial charge in [-0.2, -0.15) is 0 Å². The van der Waals surface area contributed by atoms with Gasteiger partial charge in [-0.05, 0) is 31.2 Å². The molecule has 3 nitrogen and oxygen atoms in total. The number of aryl methyl sites for hydroxylation is 1. The van der Waals surface area contributed by atoms with Crippen LogP contribution >= 0.6 is 11.3 Å². The molecule has 106 valence electrons. The zero-order valence-corrected chi connectivity index (χ0v) is 12.7. The summed E-state index contributed by atoms with van der Waals surface area (Å²) >= 11 is 1.63. The number of hydrogen-bond donors (Lipinski definition) is 1. The van der Waals surface area contributed by atoms with Gasteiger partial charge in [0, 0.05) is 21.2 Å². The molecule has 0 bridgehead atoms. The Labute approximate surface area is 122 Å². The number of methoxy groups -OCH3 is 1. The molecule has 1 atom stereocenters. The maximum Gasteiger partial charge on any atom is 0.303 e. The second-order valence-electron chi connectivity index (χ2n) is 4.90. The third-order valence-corrected chi connectivity index (χ3v) is 4.56. The van der Waals surface area contributed by atoms with E-state index in [1.54, 1.807) is 18.4 Å². The highest BCUT2D eigenvalue weighted by Crippen LogP contribution is 2.38. The molecule has 0 saturated carbocycles. The summed E-state index contributed by atoms with van der Waals surface area (Å²) in [6, 6.07) is 10.1. The number of ether oxygens (including phenoxy) is 1. The molecule has 1 N–H and O–H groups in total. The first-order valence-corrected chi connectivity index (χ1v) is 7.29. The largest absolute Gasteiger partial charge is 0.496 e. The smallest absolute Gasteiger partial charge is 0.303 e. The fraction of sp³-hybridized carbons (Fsp3) is 0.312. The van der Waals surface area contributed by atoms with Gasteiger partial charge in [-0.25, -0.2) is 0 Å². The molecule has 2 rings (SSSR count). The molecule has 0 fully saturated rings. The van der Waals surface area contributed by atoms with Gasteiger partial charge in [0.1, 0.15) is 5.75 Å². The molecule has 1 aromatic carbocycles. The molecule has 2 aromatic rings. The molecule has 0 aliphatic rings. The molecule has 4 heteroatoms. The number of rotatable bonds is 5. The Balaban J connectivity index is 2.33. The van der Waals surface area contributed by atoms with Crippen LogP contribution in [0.1, 0.15) is 29.7 Å². The summed E-state index contributed by atoms with van der Waals surface area (Å²) in [6.07, 6.45) is 0.158. The summed E-state index contributed by atoms with van der Waals surface area (Å²) in [5.41, 5.74) is 2.24. The zero-order valence-electron chi connectivity index (χ0n) is 11.8. The van der Waals surface area contributed by atoms with Gasteiger partial charge in [-0.15, -0.1) is 11.3 Å². The van der Waals surface area contributed by atoms with Crippen molar-refractivity contribution in [2.24, 2.45) is 0 Å². The van der Waals surface area contributed by atoms with Gasteiger partial charge >= 0.3 is 5.97 Å². The van der Waals surface area contributed by atoms with Gasteiger partial charge in [-0.3, -0.25) is 4.79 Å². The molecular weight excluding hydrogens is 272 g/mol. The Kier molecular flexibility index (Phi) is 4.45. The monoisotopic (exact) mass is 290 g/mol. The van der Waals surface area contributed by atoms with Gasteiger partial charge < -0.3 is 9.84 Å². The highest BCUT2D eigenvalue weighted by Gasteiger charge is 2.15. The molecule has 20 heavy (non-hydrogen) atoms. The van der Waals surface area contributed by atoms with Crippen LogP contribution in [0.5, 0.6) is 5.75 Å². The Bertz CT molecular complexity index is 616.